The molecule has 0 aromatic heterocycles. The van der Waals surface area contributed by atoms with E-state index in [0.717, 1.165) is 19.4 Å². The summed E-state index contributed by atoms with van der Waals surface area (Å²) in [7, 11) is 0. The van der Waals surface area contributed by atoms with Crippen molar-refractivity contribution in [2.24, 2.45) is 0 Å². The molecule has 1 amide bonds. The zero-order chi connectivity index (χ0) is 18.4. The first-order valence-electron chi connectivity index (χ1n) is 9.07. The van der Waals surface area contributed by atoms with Gasteiger partial charge in [-0.2, -0.15) is 0 Å². The van der Waals surface area contributed by atoms with Crippen LogP contribution in [0, 0.1) is 0 Å². The minimum absolute atomic E-state index is 0.0306. The summed E-state index contributed by atoms with van der Waals surface area (Å²) in [6, 6.07) is 15.2. The maximum absolute atomic E-state index is 12.3. The van der Waals surface area contributed by atoms with E-state index >= 15 is 0 Å². The standard InChI is InChI=1S/C21H24N2O3/c1-2-26-21(25)17-9-11-18(12-10-17)22-20(24)13-15-23-14-5-7-16-6-3-4-8-19(16)23/h3-4,6,8-12H,2,5,7,13-15H2,1H3,(H,22,24). The van der Waals surface area contributed by atoms with Crippen molar-refractivity contribution in [2.75, 3.05) is 29.9 Å². The Morgan fingerprint density at radius 3 is 2.65 bits per heavy atom. The first-order valence-corrected chi connectivity index (χ1v) is 9.07. The van der Waals surface area contributed by atoms with Crippen LogP contribution in [-0.2, 0) is 16.0 Å². The molecule has 1 aliphatic heterocycles. The molecule has 2 aromatic carbocycles. The van der Waals surface area contributed by atoms with E-state index in [4.69, 9.17) is 4.74 Å². The van der Waals surface area contributed by atoms with E-state index in [1.165, 1.54) is 11.3 Å². The minimum Gasteiger partial charge on any atom is -0.462 e. The van der Waals surface area contributed by atoms with E-state index < -0.39 is 0 Å². The number of nitrogens with one attached hydrogen (secondary N) is 1. The average Bonchev–Trinajstić information content (AvgIpc) is 2.67. The highest BCUT2D eigenvalue weighted by atomic mass is 16.5. The van der Waals surface area contributed by atoms with Crippen molar-refractivity contribution in [1.29, 1.82) is 0 Å². The fourth-order valence-electron chi connectivity index (χ4n) is 3.21. The van der Waals surface area contributed by atoms with Crippen LogP contribution in [0.3, 0.4) is 0 Å². The summed E-state index contributed by atoms with van der Waals surface area (Å²) in [4.78, 5) is 26.2. The Morgan fingerprint density at radius 1 is 1.12 bits per heavy atom. The molecular formula is C21H24N2O3. The van der Waals surface area contributed by atoms with Gasteiger partial charge < -0.3 is 15.0 Å². The van der Waals surface area contributed by atoms with Gasteiger partial charge in [-0.1, -0.05) is 18.2 Å². The van der Waals surface area contributed by atoms with Crippen LogP contribution in [0.5, 0.6) is 0 Å². The van der Waals surface area contributed by atoms with Gasteiger partial charge in [-0.3, -0.25) is 4.79 Å². The molecule has 5 heteroatoms. The van der Waals surface area contributed by atoms with Crippen molar-refractivity contribution < 1.29 is 14.3 Å². The molecule has 0 fully saturated rings. The summed E-state index contributed by atoms with van der Waals surface area (Å²) in [5.41, 5.74) is 3.76. The zero-order valence-corrected chi connectivity index (χ0v) is 15.0. The molecule has 2 aromatic rings. The minimum atomic E-state index is -0.353. The number of rotatable bonds is 6. The largest absolute Gasteiger partial charge is 0.462 e. The fraction of sp³-hybridized carbons (Fsp3) is 0.333. The van der Waals surface area contributed by atoms with Gasteiger partial charge in [-0.25, -0.2) is 4.79 Å². The Hall–Kier alpha value is -2.82. The maximum atomic E-state index is 12.3. The molecule has 0 spiro atoms. The molecule has 3 rings (SSSR count). The van der Waals surface area contributed by atoms with Crippen LogP contribution in [0.1, 0.15) is 35.7 Å². The molecule has 136 valence electrons. The number of benzene rings is 2. The molecule has 0 atom stereocenters. The van der Waals surface area contributed by atoms with Gasteiger partial charge in [-0.05, 0) is 55.7 Å². The molecule has 0 aliphatic carbocycles. The number of para-hydroxylation sites is 1. The third-order valence-corrected chi connectivity index (χ3v) is 4.50. The first-order chi connectivity index (χ1) is 12.7. The van der Waals surface area contributed by atoms with Crippen LogP contribution in [0.4, 0.5) is 11.4 Å². The highest BCUT2D eigenvalue weighted by molar-refractivity contribution is 5.93. The van der Waals surface area contributed by atoms with Gasteiger partial charge in [0, 0.05) is 30.9 Å². The van der Waals surface area contributed by atoms with Crippen molar-refractivity contribution in [2.45, 2.75) is 26.2 Å². The van der Waals surface area contributed by atoms with Crippen molar-refractivity contribution in [3.05, 3.63) is 59.7 Å². The Balaban J connectivity index is 1.53. The van der Waals surface area contributed by atoms with Gasteiger partial charge >= 0.3 is 5.97 Å². The van der Waals surface area contributed by atoms with Gasteiger partial charge in [0.1, 0.15) is 0 Å². The Kier molecular flexibility index (Phi) is 5.89. The SMILES string of the molecule is CCOC(=O)c1ccc(NC(=O)CCN2CCCc3ccccc32)cc1. The Labute approximate surface area is 154 Å². The normalized spacial score (nSPS) is 13.0. The molecule has 0 saturated heterocycles. The molecular weight excluding hydrogens is 328 g/mol. The lowest BCUT2D eigenvalue weighted by molar-refractivity contribution is -0.116. The lowest BCUT2D eigenvalue weighted by atomic mass is 10.0. The number of fused-ring (bicyclic) bond motifs is 1. The number of hydrogen-bond acceptors (Lipinski definition) is 4. The number of esters is 1. The third-order valence-electron chi connectivity index (χ3n) is 4.50. The topological polar surface area (TPSA) is 58.6 Å². The molecule has 1 heterocycles. The summed E-state index contributed by atoms with van der Waals surface area (Å²) in [6.07, 6.45) is 2.65. The maximum Gasteiger partial charge on any atom is 0.338 e. The second-order valence-electron chi connectivity index (χ2n) is 6.32. The van der Waals surface area contributed by atoms with Crippen LogP contribution in [0.2, 0.25) is 0 Å². The number of amides is 1. The van der Waals surface area contributed by atoms with Crippen molar-refractivity contribution >= 4 is 23.3 Å². The van der Waals surface area contributed by atoms with Gasteiger partial charge in [0.15, 0.2) is 0 Å². The number of carbonyl (C=O) groups excluding carboxylic acids is 2. The second-order valence-corrected chi connectivity index (χ2v) is 6.32. The van der Waals surface area contributed by atoms with Gasteiger partial charge in [-0.15, -0.1) is 0 Å². The van der Waals surface area contributed by atoms with Gasteiger partial charge in [0.2, 0.25) is 5.91 Å². The Bertz CT molecular complexity index is 771. The van der Waals surface area contributed by atoms with E-state index in [1.54, 1.807) is 31.2 Å². The molecule has 0 bridgehead atoms. The summed E-state index contributed by atoms with van der Waals surface area (Å²) < 4.78 is 4.95. The quantitative estimate of drug-likeness (QED) is 0.807. The fourth-order valence-corrected chi connectivity index (χ4v) is 3.21. The highest BCUT2D eigenvalue weighted by Gasteiger charge is 2.17. The first kappa shape index (κ1) is 18.0. The monoisotopic (exact) mass is 352 g/mol. The molecule has 0 radical (unpaired) electrons. The molecule has 0 saturated carbocycles. The predicted molar refractivity (Wildman–Crippen MR) is 103 cm³/mol. The van der Waals surface area contributed by atoms with Crippen LogP contribution < -0.4 is 10.2 Å². The summed E-state index contributed by atoms with van der Waals surface area (Å²) in [6.45, 7) is 3.80. The number of carbonyl (C=O) groups is 2. The van der Waals surface area contributed by atoms with Crippen LogP contribution in [0.15, 0.2) is 48.5 Å². The van der Waals surface area contributed by atoms with Gasteiger partial charge in [0.25, 0.3) is 0 Å². The molecule has 1 N–H and O–H groups in total. The summed E-state index contributed by atoms with van der Waals surface area (Å²) in [5, 5.41) is 2.89. The highest BCUT2D eigenvalue weighted by Crippen LogP contribution is 2.26. The lowest BCUT2D eigenvalue weighted by Gasteiger charge is -2.31. The van der Waals surface area contributed by atoms with E-state index in [2.05, 4.69) is 28.4 Å². The van der Waals surface area contributed by atoms with E-state index in [-0.39, 0.29) is 11.9 Å². The Morgan fingerprint density at radius 2 is 1.88 bits per heavy atom. The summed E-state index contributed by atoms with van der Waals surface area (Å²) in [5.74, 6) is -0.383. The zero-order valence-electron chi connectivity index (χ0n) is 15.0. The van der Waals surface area contributed by atoms with Crippen molar-refractivity contribution in [3.63, 3.8) is 0 Å². The number of anilines is 2. The lowest BCUT2D eigenvalue weighted by Crippen LogP contribution is -2.32. The number of ether oxygens (including phenoxy) is 1. The third kappa shape index (κ3) is 4.42. The predicted octanol–water partition coefficient (Wildman–Crippen LogP) is 3.64. The number of hydrogen-bond donors (Lipinski definition) is 1. The number of aryl methyl sites for hydroxylation is 1. The molecule has 26 heavy (non-hydrogen) atoms. The van der Waals surface area contributed by atoms with Crippen LogP contribution >= 0.6 is 0 Å². The number of nitrogens with zero attached hydrogens (tertiary/aromatic N) is 1. The van der Waals surface area contributed by atoms with E-state index in [9.17, 15) is 9.59 Å². The average molecular weight is 352 g/mol. The van der Waals surface area contributed by atoms with Crippen LogP contribution in [0.25, 0.3) is 0 Å². The van der Waals surface area contributed by atoms with Crippen molar-refractivity contribution in [1.82, 2.24) is 0 Å². The van der Waals surface area contributed by atoms with Gasteiger partial charge in [0.05, 0.1) is 12.2 Å². The summed E-state index contributed by atoms with van der Waals surface area (Å²) >= 11 is 0. The van der Waals surface area contributed by atoms with Crippen LogP contribution in [-0.4, -0.2) is 31.6 Å². The molecule has 1 aliphatic rings. The smallest absolute Gasteiger partial charge is 0.338 e. The molecule has 5 nitrogen and oxygen atoms in total. The van der Waals surface area contributed by atoms with E-state index in [0.29, 0.717) is 30.8 Å². The molecule has 0 unspecified atom stereocenters. The second kappa shape index (κ2) is 8.52. The van der Waals surface area contributed by atoms with Crippen molar-refractivity contribution in [3.8, 4) is 0 Å². The van der Waals surface area contributed by atoms with E-state index in [1.807, 2.05) is 6.07 Å².